The Morgan fingerprint density at radius 3 is 2.53 bits per heavy atom. The number of nitrogens with one attached hydrogen (secondary N) is 1. The number of carbonyl (C=O) groups excluding carboxylic acids is 1. The van der Waals surface area contributed by atoms with E-state index in [1.54, 1.807) is 0 Å². The fourth-order valence-corrected chi connectivity index (χ4v) is 1.38. The van der Waals surface area contributed by atoms with Crippen LogP contribution in [0.1, 0.15) is 31.9 Å². The van der Waals surface area contributed by atoms with Crippen molar-refractivity contribution in [2.45, 2.75) is 31.7 Å². The summed E-state index contributed by atoms with van der Waals surface area (Å²) in [4.78, 5) is 11.5. The summed E-state index contributed by atoms with van der Waals surface area (Å²) in [5, 5.41) is 2.44. The molecule has 15 heavy (non-hydrogen) atoms. The molecule has 3 heteroatoms. The van der Waals surface area contributed by atoms with Gasteiger partial charge >= 0.3 is 0 Å². The molecule has 0 aromatic heterocycles. The number of halogens is 1. The minimum atomic E-state index is -0.434. The van der Waals surface area contributed by atoms with E-state index < -0.39 is 5.38 Å². The molecule has 1 aromatic carbocycles. The highest BCUT2D eigenvalue weighted by molar-refractivity contribution is 6.30. The van der Waals surface area contributed by atoms with Gasteiger partial charge in [-0.05, 0) is 18.9 Å². The summed E-state index contributed by atoms with van der Waals surface area (Å²) in [6.07, 6.45) is 0.648. The third kappa shape index (κ3) is 3.56. The Kier molecular flexibility index (Phi) is 4.63. The van der Waals surface area contributed by atoms with E-state index in [1.807, 2.05) is 44.2 Å². The number of benzene rings is 1. The fourth-order valence-electron chi connectivity index (χ4n) is 1.31. The van der Waals surface area contributed by atoms with Crippen LogP contribution in [0, 0.1) is 0 Å². The van der Waals surface area contributed by atoms with Gasteiger partial charge in [0.05, 0.1) is 6.04 Å². The summed E-state index contributed by atoms with van der Waals surface area (Å²) in [6, 6.07) is 9.84. The summed E-state index contributed by atoms with van der Waals surface area (Å²) >= 11 is 5.84. The first-order valence-electron chi connectivity index (χ1n) is 5.14. The molecular formula is C12H16ClNO. The maximum atomic E-state index is 11.5. The molecule has 0 saturated carbocycles. The van der Waals surface area contributed by atoms with E-state index in [4.69, 9.17) is 11.6 Å². The summed E-state index contributed by atoms with van der Waals surface area (Å²) < 4.78 is 0. The summed E-state index contributed by atoms with van der Waals surface area (Å²) in [7, 11) is 0. The van der Waals surface area contributed by atoms with E-state index in [2.05, 4.69) is 5.32 Å². The standard InChI is InChI=1S/C12H16ClNO/c1-3-11(13)12(15)14-9(2)10-7-5-4-6-8-10/h4-9,11H,3H2,1-2H3,(H,14,15)/t9-,11+/m0/s1. The second kappa shape index (κ2) is 5.76. The van der Waals surface area contributed by atoms with Crippen molar-refractivity contribution in [1.82, 2.24) is 5.32 Å². The van der Waals surface area contributed by atoms with Crippen LogP contribution in [0.3, 0.4) is 0 Å². The minimum Gasteiger partial charge on any atom is -0.348 e. The zero-order chi connectivity index (χ0) is 11.3. The number of rotatable bonds is 4. The van der Waals surface area contributed by atoms with E-state index in [1.165, 1.54) is 0 Å². The molecule has 1 amide bonds. The van der Waals surface area contributed by atoms with Gasteiger partial charge in [-0.2, -0.15) is 0 Å². The van der Waals surface area contributed by atoms with Crippen molar-refractivity contribution in [3.8, 4) is 0 Å². The molecular weight excluding hydrogens is 210 g/mol. The first-order valence-corrected chi connectivity index (χ1v) is 5.58. The molecule has 0 aliphatic rings. The molecule has 2 atom stereocenters. The highest BCUT2D eigenvalue weighted by Gasteiger charge is 2.15. The second-order valence-electron chi connectivity index (χ2n) is 3.52. The average Bonchev–Trinajstić information content (AvgIpc) is 2.29. The molecule has 0 aliphatic heterocycles. The van der Waals surface area contributed by atoms with Gasteiger partial charge < -0.3 is 5.32 Å². The lowest BCUT2D eigenvalue weighted by Gasteiger charge is -2.16. The van der Waals surface area contributed by atoms with E-state index in [0.717, 1.165) is 5.56 Å². The molecule has 0 radical (unpaired) electrons. The van der Waals surface area contributed by atoms with Crippen molar-refractivity contribution >= 4 is 17.5 Å². The van der Waals surface area contributed by atoms with E-state index >= 15 is 0 Å². The van der Waals surface area contributed by atoms with Crippen LogP contribution in [-0.4, -0.2) is 11.3 Å². The summed E-state index contributed by atoms with van der Waals surface area (Å²) in [6.45, 7) is 3.84. The first-order chi connectivity index (χ1) is 7.15. The molecule has 0 bridgehead atoms. The SMILES string of the molecule is CC[C@@H](Cl)C(=O)N[C@@H](C)c1ccccc1. The normalized spacial score (nSPS) is 14.3. The third-order valence-electron chi connectivity index (χ3n) is 2.30. The van der Waals surface area contributed by atoms with Crippen molar-refractivity contribution in [1.29, 1.82) is 0 Å². The van der Waals surface area contributed by atoms with Crippen molar-refractivity contribution in [2.24, 2.45) is 0 Å². The average molecular weight is 226 g/mol. The van der Waals surface area contributed by atoms with Gasteiger partial charge in [0.25, 0.3) is 0 Å². The Labute approximate surface area is 95.6 Å². The van der Waals surface area contributed by atoms with Crippen LogP contribution in [0.15, 0.2) is 30.3 Å². The van der Waals surface area contributed by atoms with E-state index in [0.29, 0.717) is 6.42 Å². The Bertz CT molecular complexity index is 313. The number of amides is 1. The van der Waals surface area contributed by atoms with Crippen LogP contribution < -0.4 is 5.32 Å². The topological polar surface area (TPSA) is 29.1 Å². The Hall–Kier alpha value is -1.02. The fraction of sp³-hybridized carbons (Fsp3) is 0.417. The van der Waals surface area contributed by atoms with Crippen LogP contribution in [0.25, 0.3) is 0 Å². The molecule has 1 N–H and O–H groups in total. The molecule has 0 saturated heterocycles. The van der Waals surface area contributed by atoms with Gasteiger partial charge in [-0.3, -0.25) is 4.79 Å². The molecule has 1 aromatic rings. The van der Waals surface area contributed by atoms with E-state index in [9.17, 15) is 4.79 Å². The van der Waals surface area contributed by atoms with Gasteiger partial charge in [0.15, 0.2) is 0 Å². The van der Waals surface area contributed by atoms with Crippen LogP contribution in [0.5, 0.6) is 0 Å². The Balaban J connectivity index is 2.56. The van der Waals surface area contributed by atoms with Gasteiger partial charge in [-0.1, -0.05) is 37.3 Å². The lowest BCUT2D eigenvalue weighted by molar-refractivity contribution is -0.121. The Morgan fingerprint density at radius 1 is 1.40 bits per heavy atom. The molecule has 0 unspecified atom stereocenters. The molecule has 0 aliphatic carbocycles. The predicted molar refractivity (Wildman–Crippen MR) is 62.9 cm³/mol. The van der Waals surface area contributed by atoms with Gasteiger partial charge in [-0.25, -0.2) is 0 Å². The maximum Gasteiger partial charge on any atom is 0.238 e. The minimum absolute atomic E-state index is 0.00602. The van der Waals surface area contributed by atoms with Gasteiger partial charge in [0, 0.05) is 0 Å². The highest BCUT2D eigenvalue weighted by Crippen LogP contribution is 2.12. The maximum absolute atomic E-state index is 11.5. The second-order valence-corrected chi connectivity index (χ2v) is 4.04. The third-order valence-corrected chi connectivity index (χ3v) is 2.81. The van der Waals surface area contributed by atoms with E-state index in [-0.39, 0.29) is 11.9 Å². The molecule has 1 rings (SSSR count). The van der Waals surface area contributed by atoms with Gasteiger partial charge in [0.2, 0.25) is 5.91 Å². The number of hydrogen-bond donors (Lipinski definition) is 1. The summed E-state index contributed by atoms with van der Waals surface area (Å²) in [5.41, 5.74) is 1.09. The van der Waals surface area contributed by atoms with Crippen LogP contribution in [-0.2, 0) is 4.79 Å². The molecule has 0 heterocycles. The monoisotopic (exact) mass is 225 g/mol. The van der Waals surface area contributed by atoms with Gasteiger partial charge in [-0.15, -0.1) is 11.6 Å². The first kappa shape index (κ1) is 12.1. The Morgan fingerprint density at radius 2 is 2.00 bits per heavy atom. The number of hydrogen-bond acceptors (Lipinski definition) is 1. The lowest BCUT2D eigenvalue weighted by atomic mass is 10.1. The van der Waals surface area contributed by atoms with Crippen molar-refractivity contribution < 1.29 is 4.79 Å². The van der Waals surface area contributed by atoms with Gasteiger partial charge in [0.1, 0.15) is 5.38 Å². The zero-order valence-corrected chi connectivity index (χ0v) is 9.79. The quantitative estimate of drug-likeness (QED) is 0.785. The number of carbonyl (C=O) groups is 1. The lowest BCUT2D eigenvalue weighted by Crippen LogP contribution is -2.33. The highest BCUT2D eigenvalue weighted by atomic mass is 35.5. The largest absolute Gasteiger partial charge is 0.348 e. The summed E-state index contributed by atoms with van der Waals surface area (Å²) in [5.74, 6) is -0.101. The molecule has 2 nitrogen and oxygen atoms in total. The zero-order valence-electron chi connectivity index (χ0n) is 9.03. The van der Waals surface area contributed by atoms with Crippen molar-refractivity contribution in [3.63, 3.8) is 0 Å². The van der Waals surface area contributed by atoms with Crippen LogP contribution in [0.4, 0.5) is 0 Å². The molecule has 0 spiro atoms. The van der Waals surface area contributed by atoms with Crippen molar-refractivity contribution in [3.05, 3.63) is 35.9 Å². The smallest absolute Gasteiger partial charge is 0.238 e. The van der Waals surface area contributed by atoms with Crippen molar-refractivity contribution in [2.75, 3.05) is 0 Å². The van der Waals surface area contributed by atoms with Crippen LogP contribution >= 0.6 is 11.6 Å². The predicted octanol–water partition coefficient (Wildman–Crippen LogP) is 2.88. The molecule has 82 valence electrons. The van der Waals surface area contributed by atoms with Crippen LogP contribution in [0.2, 0.25) is 0 Å². The number of alkyl halides is 1. The molecule has 0 fully saturated rings.